The number of rotatable bonds is 5. The van der Waals surface area contributed by atoms with Crippen LogP contribution in [-0.4, -0.2) is 15.0 Å². The number of pyridine rings is 1. The SMILES string of the molecule is c1ccc(-c2cccc(-c3cc(-c4ccccc4)nc(-c4cccc(-c5nccc6ccccc56)c4)n3)c2)cc1. The van der Waals surface area contributed by atoms with Gasteiger partial charge in [0.05, 0.1) is 17.1 Å². The third-order valence-electron chi connectivity index (χ3n) is 7.13. The van der Waals surface area contributed by atoms with Crippen molar-refractivity contribution in [3.8, 4) is 56.3 Å². The van der Waals surface area contributed by atoms with Gasteiger partial charge in [-0.2, -0.15) is 0 Å². The summed E-state index contributed by atoms with van der Waals surface area (Å²) in [4.78, 5) is 14.9. The molecule has 0 radical (unpaired) electrons. The van der Waals surface area contributed by atoms with Gasteiger partial charge in [-0.15, -0.1) is 0 Å². The maximum atomic E-state index is 5.10. The molecule has 0 aliphatic rings. The zero-order chi connectivity index (χ0) is 26.7. The molecule has 0 fully saturated rings. The van der Waals surface area contributed by atoms with Gasteiger partial charge in [-0.05, 0) is 40.8 Å². The zero-order valence-electron chi connectivity index (χ0n) is 21.8. The Labute approximate surface area is 233 Å². The summed E-state index contributed by atoms with van der Waals surface area (Å²) in [5.74, 6) is 0.684. The van der Waals surface area contributed by atoms with Gasteiger partial charge in [-0.1, -0.05) is 121 Å². The Hall–Kier alpha value is -5.41. The first kappa shape index (κ1) is 23.7. The number of benzene rings is 5. The largest absolute Gasteiger partial charge is 0.256 e. The molecule has 0 spiro atoms. The summed E-state index contributed by atoms with van der Waals surface area (Å²) in [5, 5.41) is 2.29. The predicted octanol–water partition coefficient (Wildman–Crippen LogP) is 9.36. The highest BCUT2D eigenvalue weighted by molar-refractivity contribution is 5.95. The lowest BCUT2D eigenvalue weighted by atomic mass is 10.00. The molecule has 0 aliphatic heterocycles. The standard InChI is InChI=1S/C37H25N3/c1-3-11-26(12-4-1)29-16-9-17-30(23-29)35-25-34(28-14-5-2-6-15-28)39-37(40-35)32-19-10-18-31(24-32)36-33-20-8-7-13-27(33)21-22-38-36/h1-25H. The minimum absolute atomic E-state index is 0.684. The lowest BCUT2D eigenvalue weighted by Crippen LogP contribution is -1.96. The van der Waals surface area contributed by atoms with E-state index in [0.717, 1.165) is 50.3 Å². The van der Waals surface area contributed by atoms with E-state index in [4.69, 9.17) is 15.0 Å². The maximum absolute atomic E-state index is 5.10. The molecule has 0 saturated carbocycles. The average Bonchev–Trinajstić information content (AvgIpc) is 3.05. The van der Waals surface area contributed by atoms with Crippen LogP contribution in [0.4, 0.5) is 0 Å². The lowest BCUT2D eigenvalue weighted by Gasteiger charge is -2.12. The summed E-state index contributed by atoms with van der Waals surface area (Å²) >= 11 is 0. The normalized spacial score (nSPS) is 11.0. The Morgan fingerprint density at radius 2 is 0.950 bits per heavy atom. The van der Waals surface area contributed by atoms with E-state index in [0.29, 0.717) is 5.82 Å². The molecule has 7 aromatic rings. The average molecular weight is 512 g/mol. The first-order chi connectivity index (χ1) is 19.8. The quantitative estimate of drug-likeness (QED) is 0.231. The molecule has 7 rings (SSSR count). The van der Waals surface area contributed by atoms with Gasteiger partial charge in [0, 0.05) is 33.8 Å². The summed E-state index contributed by atoms with van der Waals surface area (Å²) in [6.45, 7) is 0. The Balaban J connectivity index is 1.38. The Morgan fingerprint density at radius 1 is 0.375 bits per heavy atom. The third-order valence-corrected chi connectivity index (χ3v) is 7.13. The highest BCUT2D eigenvalue weighted by Gasteiger charge is 2.13. The second kappa shape index (κ2) is 10.4. The molecule has 3 nitrogen and oxygen atoms in total. The number of nitrogens with zero attached hydrogens (tertiary/aromatic N) is 3. The van der Waals surface area contributed by atoms with Gasteiger partial charge in [-0.3, -0.25) is 4.98 Å². The highest BCUT2D eigenvalue weighted by atomic mass is 14.9. The van der Waals surface area contributed by atoms with Crippen molar-refractivity contribution in [3.63, 3.8) is 0 Å². The van der Waals surface area contributed by atoms with E-state index < -0.39 is 0 Å². The van der Waals surface area contributed by atoms with Crippen LogP contribution in [0.2, 0.25) is 0 Å². The van der Waals surface area contributed by atoms with E-state index >= 15 is 0 Å². The lowest BCUT2D eigenvalue weighted by molar-refractivity contribution is 1.18. The van der Waals surface area contributed by atoms with Crippen LogP contribution in [0.25, 0.3) is 67.1 Å². The molecule has 3 heteroatoms. The molecule has 0 saturated heterocycles. The van der Waals surface area contributed by atoms with Crippen molar-refractivity contribution >= 4 is 10.8 Å². The fourth-order valence-electron chi connectivity index (χ4n) is 5.12. The van der Waals surface area contributed by atoms with E-state index in [-0.39, 0.29) is 0 Å². The van der Waals surface area contributed by atoms with E-state index in [1.54, 1.807) is 0 Å². The van der Waals surface area contributed by atoms with Crippen LogP contribution < -0.4 is 0 Å². The summed E-state index contributed by atoms with van der Waals surface area (Å²) in [5.41, 5.74) is 9.15. The maximum Gasteiger partial charge on any atom is 0.160 e. The van der Waals surface area contributed by atoms with Gasteiger partial charge in [0.25, 0.3) is 0 Å². The van der Waals surface area contributed by atoms with Gasteiger partial charge in [-0.25, -0.2) is 9.97 Å². The fraction of sp³-hybridized carbons (Fsp3) is 0. The monoisotopic (exact) mass is 511 g/mol. The molecule has 0 N–H and O–H groups in total. The molecular formula is C37H25N3. The Bertz CT molecular complexity index is 1940. The second-order valence-electron chi connectivity index (χ2n) is 9.74. The first-order valence-corrected chi connectivity index (χ1v) is 13.4. The molecule has 0 atom stereocenters. The zero-order valence-corrected chi connectivity index (χ0v) is 21.8. The summed E-state index contributed by atoms with van der Waals surface area (Å²) in [6, 6.07) is 50.1. The van der Waals surface area contributed by atoms with Crippen molar-refractivity contribution in [3.05, 3.63) is 152 Å². The number of hydrogen-bond donors (Lipinski definition) is 0. The van der Waals surface area contributed by atoms with Crippen LogP contribution in [0.5, 0.6) is 0 Å². The van der Waals surface area contributed by atoms with Crippen LogP contribution in [0.3, 0.4) is 0 Å². The molecular weight excluding hydrogens is 486 g/mol. The van der Waals surface area contributed by atoms with Crippen molar-refractivity contribution in [2.45, 2.75) is 0 Å². The van der Waals surface area contributed by atoms with Gasteiger partial charge >= 0.3 is 0 Å². The molecule has 0 bridgehead atoms. The molecule has 0 unspecified atom stereocenters. The third kappa shape index (κ3) is 4.65. The Kier molecular flexibility index (Phi) is 6.15. The minimum Gasteiger partial charge on any atom is -0.256 e. The highest BCUT2D eigenvalue weighted by Crippen LogP contribution is 2.32. The van der Waals surface area contributed by atoms with Crippen molar-refractivity contribution in [2.75, 3.05) is 0 Å². The van der Waals surface area contributed by atoms with E-state index in [1.807, 2.05) is 36.5 Å². The van der Waals surface area contributed by atoms with E-state index in [9.17, 15) is 0 Å². The van der Waals surface area contributed by atoms with Crippen molar-refractivity contribution in [2.24, 2.45) is 0 Å². The van der Waals surface area contributed by atoms with Crippen molar-refractivity contribution < 1.29 is 0 Å². The van der Waals surface area contributed by atoms with Crippen LogP contribution in [0, 0.1) is 0 Å². The van der Waals surface area contributed by atoms with Gasteiger partial charge in [0.15, 0.2) is 5.82 Å². The smallest absolute Gasteiger partial charge is 0.160 e. The minimum atomic E-state index is 0.684. The van der Waals surface area contributed by atoms with Crippen LogP contribution >= 0.6 is 0 Å². The predicted molar refractivity (Wildman–Crippen MR) is 165 cm³/mol. The topological polar surface area (TPSA) is 38.7 Å². The van der Waals surface area contributed by atoms with Crippen LogP contribution in [0.15, 0.2) is 152 Å². The molecule has 0 aliphatic carbocycles. The second-order valence-corrected chi connectivity index (χ2v) is 9.74. The van der Waals surface area contributed by atoms with Crippen molar-refractivity contribution in [1.29, 1.82) is 0 Å². The van der Waals surface area contributed by atoms with E-state index in [2.05, 4.69) is 115 Å². The summed E-state index contributed by atoms with van der Waals surface area (Å²) in [7, 11) is 0. The van der Waals surface area contributed by atoms with E-state index in [1.165, 1.54) is 10.9 Å². The fourth-order valence-corrected chi connectivity index (χ4v) is 5.12. The van der Waals surface area contributed by atoms with Crippen molar-refractivity contribution in [1.82, 2.24) is 15.0 Å². The molecule has 5 aromatic carbocycles. The summed E-state index contributed by atoms with van der Waals surface area (Å²) in [6.07, 6.45) is 1.87. The molecule has 0 amide bonds. The summed E-state index contributed by atoms with van der Waals surface area (Å²) < 4.78 is 0. The molecule has 2 heterocycles. The number of hydrogen-bond acceptors (Lipinski definition) is 3. The van der Waals surface area contributed by atoms with Gasteiger partial charge < -0.3 is 0 Å². The Morgan fingerprint density at radius 3 is 1.75 bits per heavy atom. The molecule has 188 valence electrons. The van der Waals surface area contributed by atoms with Gasteiger partial charge in [0.1, 0.15) is 0 Å². The van der Waals surface area contributed by atoms with Crippen LogP contribution in [-0.2, 0) is 0 Å². The van der Waals surface area contributed by atoms with Crippen LogP contribution in [0.1, 0.15) is 0 Å². The first-order valence-electron chi connectivity index (χ1n) is 13.4. The number of aromatic nitrogens is 3. The molecule has 2 aromatic heterocycles. The number of fused-ring (bicyclic) bond motifs is 1. The molecule has 40 heavy (non-hydrogen) atoms. The van der Waals surface area contributed by atoms with Gasteiger partial charge in [0.2, 0.25) is 0 Å².